The Morgan fingerprint density at radius 3 is 2.65 bits per heavy atom. The van der Waals surface area contributed by atoms with E-state index in [0.717, 1.165) is 5.56 Å². The zero-order valence-corrected chi connectivity index (χ0v) is 10.6. The number of carbonyl (C=O) groups is 1. The van der Waals surface area contributed by atoms with E-state index in [2.05, 4.69) is 5.32 Å². The normalized spacial score (nSPS) is 11.3. The molecule has 94 valence electrons. The molecule has 0 spiro atoms. The topological polar surface area (TPSA) is 75.4 Å². The average molecular weight is 236 g/mol. The third-order valence-corrected chi connectivity index (χ3v) is 2.69. The molecule has 1 amide bonds. The first-order valence-corrected chi connectivity index (χ1v) is 5.68. The maximum atomic E-state index is 11.9. The summed E-state index contributed by atoms with van der Waals surface area (Å²) in [6.07, 6.45) is 0.705. The molecule has 0 aliphatic heterocycles. The Balaban J connectivity index is 2.80. The zero-order valence-electron chi connectivity index (χ0n) is 10.6. The minimum absolute atomic E-state index is 0.134. The van der Waals surface area contributed by atoms with Gasteiger partial charge in [-0.1, -0.05) is 6.07 Å². The van der Waals surface area contributed by atoms with Crippen LogP contribution in [0.1, 0.15) is 36.2 Å². The third kappa shape index (κ3) is 3.75. The second kappa shape index (κ2) is 5.19. The standard InChI is InChI=1S/C13H20N2O2/c1-9-4-5-10(8-11(9)16)12(17)15-13(2,3)6-7-14/h4-5,8,16H,6-7,14H2,1-3H3,(H,15,17). The summed E-state index contributed by atoms with van der Waals surface area (Å²) in [7, 11) is 0. The number of hydrogen-bond acceptors (Lipinski definition) is 3. The van der Waals surface area contributed by atoms with Crippen LogP contribution >= 0.6 is 0 Å². The second-order valence-electron chi connectivity index (χ2n) is 4.88. The average Bonchev–Trinajstić information content (AvgIpc) is 2.21. The number of nitrogens with two attached hydrogens (primary N) is 1. The fraction of sp³-hybridized carbons (Fsp3) is 0.462. The summed E-state index contributed by atoms with van der Waals surface area (Å²) in [5, 5.41) is 12.4. The van der Waals surface area contributed by atoms with Gasteiger partial charge in [0.25, 0.3) is 5.91 Å². The highest BCUT2D eigenvalue weighted by Gasteiger charge is 2.20. The van der Waals surface area contributed by atoms with Crippen molar-refractivity contribution in [2.24, 2.45) is 5.73 Å². The molecule has 0 aromatic heterocycles. The van der Waals surface area contributed by atoms with Gasteiger partial charge in [0.05, 0.1) is 0 Å². The van der Waals surface area contributed by atoms with Crippen molar-refractivity contribution in [3.8, 4) is 5.75 Å². The number of nitrogens with one attached hydrogen (secondary N) is 1. The molecule has 1 aromatic carbocycles. The maximum Gasteiger partial charge on any atom is 0.251 e. The van der Waals surface area contributed by atoms with Gasteiger partial charge in [-0.3, -0.25) is 4.79 Å². The van der Waals surface area contributed by atoms with Crippen LogP contribution in [0.5, 0.6) is 5.75 Å². The van der Waals surface area contributed by atoms with E-state index in [9.17, 15) is 9.90 Å². The smallest absolute Gasteiger partial charge is 0.251 e. The summed E-state index contributed by atoms with van der Waals surface area (Å²) in [6, 6.07) is 4.90. The number of benzene rings is 1. The van der Waals surface area contributed by atoms with Crippen molar-refractivity contribution in [3.05, 3.63) is 29.3 Å². The summed E-state index contributed by atoms with van der Waals surface area (Å²) in [6.45, 7) is 6.15. The van der Waals surface area contributed by atoms with Gasteiger partial charge in [0.1, 0.15) is 5.75 Å². The van der Waals surface area contributed by atoms with Crippen LogP contribution in [0, 0.1) is 6.92 Å². The third-order valence-electron chi connectivity index (χ3n) is 2.69. The lowest BCUT2D eigenvalue weighted by Gasteiger charge is -2.25. The van der Waals surface area contributed by atoms with Crippen LogP contribution in [0.3, 0.4) is 0 Å². The highest BCUT2D eigenvalue weighted by molar-refractivity contribution is 5.95. The van der Waals surface area contributed by atoms with Gasteiger partial charge in [-0.2, -0.15) is 0 Å². The van der Waals surface area contributed by atoms with Gasteiger partial charge in [-0.05, 0) is 51.4 Å². The van der Waals surface area contributed by atoms with E-state index in [4.69, 9.17) is 5.73 Å². The molecule has 0 radical (unpaired) electrons. The van der Waals surface area contributed by atoms with Crippen molar-refractivity contribution in [3.63, 3.8) is 0 Å². The monoisotopic (exact) mass is 236 g/mol. The van der Waals surface area contributed by atoms with E-state index >= 15 is 0 Å². The summed E-state index contributed by atoms with van der Waals surface area (Å²) in [4.78, 5) is 11.9. The van der Waals surface area contributed by atoms with Gasteiger partial charge >= 0.3 is 0 Å². The minimum atomic E-state index is -0.341. The van der Waals surface area contributed by atoms with Crippen molar-refractivity contribution >= 4 is 5.91 Å². The first-order chi connectivity index (χ1) is 7.85. The zero-order chi connectivity index (χ0) is 13.1. The van der Waals surface area contributed by atoms with Crippen LogP contribution in [0.2, 0.25) is 0 Å². The van der Waals surface area contributed by atoms with Gasteiger partial charge < -0.3 is 16.2 Å². The van der Waals surface area contributed by atoms with Crippen molar-refractivity contribution in [1.29, 1.82) is 0 Å². The molecule has 0 saturated carbocycles. The molecular formula is C13H20N2O2. The number of phenolic OH excluding ortho intramolecular Hbond substituents is 1. The Morgan fingerprint density at radius 2 is 2.12 bits per heavy atom. The number of carbonyl (C=O) groups excluding carboxylic acids is 1. The van der Waals surface area contributed by atoms with Crippen molar-refractivity contribution in [1.82, 2.24) is 5.32 Å². The molecular weight excluding hydrogens is 216 g/mol. The van der Waals surface area contributed by atoms with E-state index in [-0.39, 0.29) is 17.2 Å². The van der Waals surface area contributed by atoms with Crippen LogP contribution in [0.25, 0.3) is 0 Å². The number of phenols is 1. The molecule has 17 heavy (non-hydrogen) atoms. The highest BCUT2D eigenvalue weighted by Crippen LogP contribution is 2.18. The van der Waals surface area contributed by atoms with Crippen molar-refractivity contribution in [2.75, 3.05) is 6.54 Å². The number of aromatic hydroxyl groups is 1. The first kappa shape index (κ1) is 13.5. The van der Waals surface area contributed by atoms with Gasteiger partial charge in [-0.25, -0.2) is 0 Å². The fourth-order valence-corrected chi connectivity index (χ4v) is 1.55. The van der Waals surface area contributed by atoms with E-state index < -0.39 is 0 Å². The minimum Gasteiger partial charge on any atom is -0.508 e. The molecule has 1 aromatic rings. The Morgan fingerprint density at radius 1 is 1.47 bits per heavy atom. The lowest BCUT2D eigenvalue weighted by atomic mass is 10.00. The number of rotatable bonds is 4. The van der Waals surface area contributed by atoms with Crippen LogP contribution < -0.4 is 11.1 Å². The molecule has 0 atom stereocenters. The van der Waals surface area contributed by atoms with Crippen molar-refractivity contribution in [2.45, 2.75) is 32.7 Å². The lowest BCUT2D eigenvalue weighted by Crippen LogP contribution is -2.44. The second-order valence-corrected chi connectivity index (χ2v) is 4.88. The molecule has 4 heteroatoms. The van der Waals surface area contributed by atoms with Crippen LogP contribution in [0.15, 0.2) is 18.2 Å². The van der Waals surface area contributed by atoms with E-state index in [1.54, 1.807) is 19.1 Å². The molecule has 4 nitrogen and oxygen atoms in total. The van der Waals surface area contributed by atoms with Crippen molar-refractivity contribution < 1.29 is 9.90 Å². The number of aryl methyl sites for hydroxylation is 1. The predicted octanol–water partition coefficient (Wildman–Crippen LogP) is 1.56. The fourth-order valence-electron chi connectivity index (χ4n) is 1.55. The molecule has 0 fully saturated rings. The van der Waals surface area contributed by atoms with E-state index in [1.165, 1.54) is 6.07 Å². The maximum absolute atomic E-state index is 11.9. The summed E-state index contributed by atoms with van der Waals surface area (Å²) < 4.78 is 0. The summed E-state index contributed by atoms with van der Waals surface area (Å²) >= 11 is 0. The molecule has 0 heterocycles. The summed E-state index contributed by atoms with van der Waals surface area (Å²) in [5.41, 5.74) is 6.35. The molecule has 4 N–H and O–H groups in total. The Labute approximate surface area is 102 Å². The molecule has 0 unspecified atom stereocenters. The molecule has 1 rings (SSSR count). The lowest BCUT2D eigenvalue weighted by molar-refractivity contribution is 0.0910. The number of amides is 1. The number of hydrogen-bond donors (Lipinski definition) is 3. The molecule has 0 saturated heterocycles. The predicted molar refractivity (Wildman–Crippen MR) is 68.1 cm³/mol. The largest absolute Gasteiger partial charge is 0.508 e. The Kier molecular flexibility index (Phi) is 4.12. The van der Waals surface area contributed by atoms with E-state index in [0.29, 0.717) is 18.5 Å². The quantitative estimate of drug-likeness (QED) is 0.742. The summed E-state index contributed by atoms with van der Waals surface area (Å²) in [5.74, 6) is -0.0620. The van der Waals surface area contributed by atoms with E-state index in [1.807, 2.05) is 13.8 Å². The molecule has 0 aliphatic carbocycles. The SMILES string of the molecule is Cc1ccc(C(=O)NC(C)(C)CCN)cc1O. The highest BCUT2D eigenvalue weighted by atomic mass is 16.3. The van der Waals surface area contributed by atoms with Crippen LogP contribution in [-0.4, -0.2) is 23.1 Å². The first-order valence-electron chi connectivity index (χ1n) is 5.68. The molecule has 0 aliphatic rings. The van der Waals surface area contributed by atoms with Gasteiger partial charge in [0.2, 0.25) is 0 Å². The van der Waals surface area contributed by atoms with Crippen LogP contribution in [0.4, 0.5) is 0 Å². The Bertz CT molecular complexity index is 414. The van der Waals surface area contributed by atoms with Crippen LogP contribution in [-0.2, 0) is 0 Å². The van der Waals surface area contributed by atoms with Gasteiger partial charge in [0, 0.05) is 11.1 Å². The Hall–Kier alpha value is -1.55. The molecule has 0 bridgehead atoms. The van der Waals surface area contributed by atoms with Gasteiger partial charge in [-0.15, -0.1) is 0 Å². The van der Waals surface area contributed by atoms with Gasteiger partial charge in [0.15, 0.2) is 0 Å².